The van der Waals surface area contributed by atoms with Gasteiger partial charge in [-0.15, -0.1) is 0 Å². The van der Waals surface area contributed by atoms with Crippen molar-refractivity contribution in [3.05, 3.63) is 53.1 Å². The topological polar surface area (TPSA) is 81.7 Å². The second kappa shape index (κ2) is 7.57. The van der Waals surface area contributed by atoms with Crippen LogP contribution in [0.5, 0.6) is 5.75 Å². The van der Waals surface area contributed by atoms with Crippen LogP contribution in [0, 0.1) is 13.8 Å². The lowest BCUT2D eigenvalue weighted by atomic mass is 10.1. The van der Waals surface area contributed by atoms with E-state index in [1.165, 1.54) is 25.3 Å². The number of carbonyl (C=O) groups is 1. The van der Waals surface area contributed by atoms with Gasteiger partial charge in [-0.1, -0.05) is 6.07 Å². The highest BCUT2D eigenvalue weighted by Gasteiger charge is 2.18. The van der Waals surface area contributed by atoms with E-state index in [1.54, 1.807) is 39.0 Å². The summed E-state index contributed by atoms with van der Waals surface area (Å²) in [6.07, 6.45) is 0. The fourth-order valence-corrected chi connectivity index (χ4v) is 3.50. The summed E-state index contributed by atoms with van der Waals surface area (Å²) in [6.45, 7) is 5.48. The molecular formula is C18H21NO5S. The number of methoxy groups -OCH3 is 1. The van der Waals surface area contributed by atoms with Crippen LogP contribution in [0.4, 0.5) is 5.69 Å². The van der Waals surface area contributed by atoms with Crippen LogP contribution in [-0.4, -0.2) is 28.1 Å². The number of sulfonamides is 1. The maximum Gasteiger partial charge on any atom is 0.338 e. The second-order valence-corrected chi connectivity index (χ2v) is 7.17. The first-order valence-electron chi connectivity index (χ1n) is 7.73. The summed E-state index contributed by atoms with van der Waals surface area (Å²) in [5, 5.41) is 0. The minimum atomic E-state index is -3.80. The SMILES string of the molecule is CCOC(=O)c1ccc(C)c(NS(=O)(=O)c2ccc(OC)c(C)c2)c1. The highest BCUT2D eigenvalue weighted by Crippen LogP contribution is 2.25. The fourth-order valence-electron chi connectivity index (χ4n) is 2.30. The Morgan fingerprint density at radius 2 is 1.80 bits per heavy atom. The van der Waals surface area contributed by atoms with Crippen LogP contribution in [-0.2, 0) is 14.8 Å². The summed E-state index contributed by atoms with van der Waals surface area (Å²) in [5.41, 5.74) is 2.03. The van der Waals surface area contributed by atoms with Crippen LogP contribution < -0.4 is 9.46 Å². The fraction of sp³-hybridized carbons (Fsp3) is 0.278. The molecule has 134 valence electrons. The molecule has 0 radical (unpaired) electrons. The maximum absolute atomic E-state index is 12.6. The van der Waals surface area contributed by atoms with Gasteiger partial charge in [0.05, 0.1) is 29.9 Å². The predicted octanol–water partition coefficient (Wildman–Crippen LogP) is 3.29. The quantitative estimate of drug-likeness (QED) is 0.797. The number of carbonyl (C=O) groups excluding carboxylic acids is 1. The average molecular weight is 363 g/mol. The Balaban J connectivity index is 2.35. The van der Waals surface area contributed by atoms with Crippen molar-refractivity contribution < 1.29 is 22.7 Å². The van der Waals surface area contributed by atoms with Gasteiger partial charge in [-0.3, -0.25) is 4.72 Å². The van der Waals surface area contributed by atoms with Gasteiger partial charge in [-0.2, -0.15) is 0 Å². The van der Waals surface area contributed by atoms with E-state index in [-0.39, 0.29) is 17.1 Å². The van der Waals surface area contributed by atoms with E-state index in [0.717, 1.165) is 0 Å². The van der Waals surface area contributed by atoms with E-state index in [1.807, 2.05) is 0 Å². The first-order chi connectivity index (χ1) is 11.8. The van der Waals surface area contributed by atoms with Gasteiger partial charge >= 0.3 is 5.97 Å². The zero-order chi connectivity index (χ0) is 18.6. The molecule has 0 aliphatic rings. The first kappa shape index (κ1) is 18.8. The summed E-state index contributed by atoms with van der Waals surface area (Å²) in [4.78, 5) is 12.0. The molecule has 6 nitrogen and oxygen atoms in total. The molecule has 2 rings (SSSR count). The number of anilines is 1. The number of rotatable bonds is 6. The molecule has 0 fully saturated rings. The van der Waals surface area contributed by atoms with Gasteiger partial charge in [0.15, 0.2) is 0 Å². The molecule has 0 unspecified atom stereocenters. The van der Waals surface area contributed by atoms with Crippen LogP contribution in [0.25, 0.3) is 0 Å². The number of hydrogen-bond donors (Lipinski definition) is 1. The first-order valence-corrected chi connectivity index (χ1v) is 9.22. The van der Waals surface area contributed by atoms with Gasteiger partial charge in [-0.05, 0) is 62.2 Å². The van der Waals surface area contributed by atoms with Crippen molar-refractivity contribution in [1.82, 2.24) is 0 Å². The van der Waals surface area contributed by atoms with E-state index in [2.05, 4.69) is 4.72 Å². The molecule has 2 aromatic rings. The second-order valence-electron chi connectivity index (χ2n) is 5.49. The molecule has 25 heavy (non-hydrogen) atoms. The van der Waals surface area contributed by atoms with Gasteiger partial charge in [0, 0.05) is 0 Å². The molecule has 2 aromatic carbocycles. The monoisotopic (exact) mass is 363 g/mol. The molecule has 0 bridgehead atoms. The number of aryl methyl sites for hydroxylation is 2. The van der Waals surface area contributed by atoms with Gasteiger partial charge in [0.25, 0.3) is 10.0 Å². The molecule has 0 heterocycles. The van der Waals surface area contributed by atoms with E-state index in [0.29, 0.717) is 22.6 Å². The van der Waals surface area contributed by atoms with Gasteiger partial charge in [0.1, 0.15) is 5.75 Å². The van der Waals surface area contributed by atoms with Crippen molar-refractivity contribution >= 4 is 21.7 Å². The number of benzene rings is 2. The van der Waals surface area contributed by atoms with Gasteiger partial charge < -0.3 is 9.47 Å². The van der Waals surface area contributed by atoms with E-state index in [4.69, 9.17) is 9.47 Å². The lowest BCUT2D eigenvalue weighted by Gasteiger charge is -2.13. The minimum Gasteiger partial charge on any atom is -0.496 e. The standard InChI is InChI=1S/C18H21NO5S/c1-5-24-18(20)14-7-6-12(2)16(11-14)19-25(21,22)15-8-9-17(23-4)13(3)10-15/h6-11,19H,5H2,1-4H3. The highest BCUT2D eigenvalue weighted by atomic mass is 32.2. The Morgan fingerprint density at radius 3 is 2.40 bits per heavy atom. The average Bonchev–Trinajstić information content (AvgIpc) is 2.56. The van der Waals surface area contributed by atoms with Crippen LogP contribution in [0.3, 0.4) is 0 Å². The molecule has 0 aliphatic heterocycles. The maximum atomic E-state index is 12.6. The van der Waals surface area contributed by atoms with E-state index < -0.39 is 16.0 Å². The molecule has 1 N–H and O–H groups in total. The summed E-state index contributed by atoms with van der Waals surface area (Å²) in [7, 11) is -2.27. The van der Waals surface area contributed by atoms with E-state index in [9.17, 15) is 13.2 Å². The summed E-state index contributed by atoms with van der Waals surface area (Å²) in [6, 6.07) is 9.35. The normalized spacial score (nSPS) is 11.0. The Labute approximate surface area is 147 Å². The van der Waals surface area contributed by atoms with Crippen molar-refractivity contribution in [3.63, 3.8) is 0 Å². The van der Waals surface area contributed by atoms with Crippen molar-refractivity contribution in [2.24, 2.45) is 0 Å². The molecular weight excluding hydrogens is 342 g/mol. The number of hydrogen-bond acceptors (Lipinski definition) is 5. The van der Waals surface area contributed by atoms with Crippen LogP contribution >= 0.6 is 0 Å². The van der Waals surface area contributed by atoms with Crippen molar-refractivity contribution in [1.29, 1.82) is 0 Å². The zero-order valence-electron chi connectivity index (χ0n) is 14.6. The third-order valence-corrected chi connectivity index (χ3v) is 5.03. The largest absolute Gasteiger partial charge is 0.496 e. The van der Waals surface area contributed by atoms with Crippen LogP contribution in [0.1, 0.15) is 28.4 Å². The van der Waals surface area contributed by atoms with Gasteiger partial charge in [-0.25, -0.2) is 13.2 Å². The molecule has 0 saturated heterocycles. The molecule has 0 atom stereocenters. The van der Waals surface area contributed by atoms with Gasteiger partial charge in [0.2, 0.25) is 0 Å². The molecule has 0 aromatic heterocycles. The lowest BCUT2D eigenvalue weighted by molar-refractivity contribution is 0.0526. The number of esters is 1. The Morgan fingerprint density at radius 1 is 1.08 bits per heavy atom. The summed E-state index contributed by atoms with van der Waals surface area (Å²) >= 11 is 0. The smallest absolute Gasteiger partial charge is 0.338 e. The lowest BCUT2D eigenvalue weighted by Crippen LogP contribution is -2.15. The summed E-state index contributed by atoms with van der Waals surface area (Å²) < 4.78 is 37.9. The Kier molecular flexibility index (Phi) is 5.69. The number of ether oxygens (including phenoxy) is 2. The highest BCUT2D eigenvalue weighted by molar-refractivity contribution is 7.92. The number of nitrogens with one attached hydrogen (secondary N) is 1. The molecule has 0 aliphatic carbocycles. The van der Waals surface area contributed by atoms with E-state index >= 15 is 0 Å². The molecule has 0 saturated carbocycles. The van der Waals surface area contributed by atoms with Crippen LogP contribution in [0.2, 0.25) is 0 Å². The Bertz CT molecular complexity index is 890. The molecule has 0 spiro atoms. The molecule has 0 amide bonds. The summed E-state index contributed by atoms with van der Waals surface area (Å²) in [5.74, 6) is 0.114. The third kappa shape index (κ3) is 4.30. The van der Waals surface area contributed by atoms with Crippen molar-refractivity contribution in [3.8, 4) is 5.75 Å². The van der Waals surface area contributed by atoms with Crippen molar-refractivity contribution in [2.45, 2.75) is 25.7 Å². The zero-order valence-corrected chi connectivity index (χ0v) is 15.4. The minimum absolute atomic E-state index is 0.117. The van der Waals surface area contributed by atoms with Crippen LogP contribution in [0.15, 0.2) is 41.3 Å². The predicted molar refractivity (Wildman–Crippen MR) is 95.7 cm³/mol. The van der Waals surface area contributed by atoms with Crippen molar-refractivity contribution in [2.75, 3.05) is 18.4 Å². The molecule has 7 heteroatoms. The third-order valence-electron chi connectivity index (χ3n) is 3.67. The Hall–Kier alpha value is -2.54.